The van der Waals surface area contributed by atoms with Crippen LogP contribution in [0.15, 0.2) is 24.3 Å². The molecule has 0 saturated carbocycles. The molecule has 1 rings (SSSR count). The highest BCUT2D eigenvalue weighted by atomic mass is 16.1. The van der Waals surface area contributed by atoms with Gasteiger partial charge in [0.2, 0.25) is 0 Å². The molecule has 68 valence electrons. The summed E-state index contributed by atoms with van der Waals surface area (Å²) in [5, 5.41) is 0. The molecule has 0 atom stereocenters. The molecule has 1 aromatic rings. The van der Waals surface area contributed by atoms with Crippen LogP contribution in [0.5, 0.6) is 0 Å². The van der Waals surface area contributed by atoms with E-state index in [9.17, 15) is 4.79 Å². The van der Waals surface area contributed by atoms with E-state index in [0.29, 0.717) is 6.42 Å². The molecule has 0 heterocycles. The highest BCUT2D eigenvalue weighted by molar-refractivity contribution is 5.59. The van der Waals surface area contributed by atoms with E-state index < -0.39 is 0 Å². The minimum absolute atomic E-state index is 0.493. The molecule has 0 aliphatic carbocycles. The fraction of sp³-hybridized carbons (Fsp3) is 0.250. The molecule has 0 spiro atoms. The fourth-order valence-corrected chi connectivity index (χ4v) is 1.26. The molecule has 0 N–H and O–H groups in total. The molecule has 1 aromatic carbocycles. The van der Waals surface area contributed by atoms with Crippen LogP contribution >= 0.6 is 0 Å². The van der Waals surface area contributed by atoms with Crippen molar-refractivity contribution >= 4 is 12.4 Å². The van der Waals surface area contributed by atoms with Gasteiger partial charge in [-0.15, -0.1) is 0 Å². The standard InChI is InChI=1S/C12H14O/c1-10-6-7-12(11(2)9-10)5-3-4-8-13/h3,5-9H,4H2,1-2H3/b5-3+. The summed E-state index contributed by atoms with van der Waals surface area (Å²) in [5.41, 5.74) is 3.71. The summed E-state index contributed by atoms with van der Waals surface area (Å²) in [6.45, 7) is 4.15. The molecule has 1 heteroatoms. The Bertz CT molecular complexity index is 324. The Hall–Kier alpha value is -1.37. The van der Waals surface area contributed by atoms with Crippen molar-refractivity contribution in [1.82, 2.24) is 0 Å². The Labute approximate surface area is 79.1 Å². The smallest absolute Gasteiger partial charge is 0.123 e. The van der Waals surface area contributed by atoms with Gasteiger partial charge in [0.15, 0.2) is 0 Å². The SMILES string of the molecule is Cc1ccc(/C=C/CC=O)c(C)c1. The van der Waals surface area contributed by atoms with Crippen molar-refractivity contribution in [2.45, 2.75) is 20.3 Å². The number of rotatable bonds is 3. The lowest BCUT2D eigenvalue weighted by Gasteiger charge is -2.00. The molecule has 0 fully saturated rings. The summed E-state index contributed by atoms with van der Waals surface area (Å²) in [4.78, 5) is 10.1. The monoisotopic (exact) mass is 174 g/mol. The lowest BCUT2D eigenvalue weighted by atomic mass is 10.1. The van der Waals surface area contributed by atoms with Gasteiger partial charge in [-0.1, -0.05) is 35.9 Å². The normalized spacial score (nSPS) is 10.6. The van der Waals surface area contributed by atoms with Gasteiger partial charge in [0.05, 0.1) is 0 Å². The number of aldehydes is 1. The second-order valence-electron chi connectivity index (χ2n) is 3.16. The molecule has 0 aromatic heterocycles. The largest absolute Gasteiger partial charge is 0.303 e. The molecular weight excluding hydrogens is 160 g/mol. The number of hydrogen-bond acceptors (Lipinski definition) is 1. The van der Waals surface area contributed by atoms with Crippen molar-refractivity contribution in [1.29, 1.82) is 0 Å². The van der Waals surface area contributed by atoms with Gasteiger partial charge >= 0.3 is 0 Å². The summed E-state index contributed by atoms with van der Waals surface area (Å²) in [6.07, 6.45) is 5.27. The first-order valence-corrected chi connectivity index (χ1v) is 4.41. The van der Waals surface area contributed by atoms with Gasteiger partial charge in [0.25, 0.3) is 0 Å². The summed E-state index contributed by atoms with van der Waals surface area (Å²) in [5.74, 6) is 0. The Balaban J connectivity index is 2.83. The van der Waals surface area contributed by atoms with Gasteiger partial charge in [-0.2, -0.15) is 0 Å². The van der Waals surface area contributed by atoms with Crippen molar-refractivity contribution in [3.05, 3.63) is 41.0 Å². The molecule has 13 heavy (non-hydrogen) atoms. The number of hydrogen-bond donors (Lipinski definition) is 0. The fourth-order valence-electron chi connectivity index (χ4n) is 1.26. The molecule has 0 amide bonds. The number of carbonyl (C=O) groups excluding carboxylic acids is 1. The van der Waals surface area contributed by atoms with Gasteiger partial charge < -0.3 is 4.79 Å². The van der Waals surface area contributed by atoms with Crippen LogP contribution in [0.1, 0.15) is 23.1 Å². The molecule has 0 aliphatic rings. The van der Waals surface area contributed by atoms with Crippen LogP contribution in [-0.2, 0) is 4.79 Å². The summed E-state index contributed by atoms with van der Waals surface area (Å²) in [6, 6.07) is 6.29. The molecule has 1 nitrogen and oxygen atoms in total. The maximum absolute atomic E-state index is 10.1. The first-order valence-electron chi connectivity index (χ1n) is 4.41. The number of aryl methyl sites for hydroxylation is 2. The van der Waals surface area contributed by atoms with Crippen LogP contribution in [0.4, 0.5) is 0 Å². The first-order chi connectivity index (χ1) is 6.24. The van der Waals surface area contributed by atoms with Gasteiger partial charge in [0.1, 0.15) is 6.29 Å². The predicted octanol–water partition coefficient (Wildman–Crippen LogP) is 2.91. The number of benzene rings is 1. The lowest BCUT2D eigenvalue weighted by Crippen LogP contribution is -1.81. The maximum atomic E-state index is 10.1. The summed E-state index contributed by atoms with van der Waals surface area (Å²) < 4.78 is 0. The zero-order valence-corrected chi connectivity index (χ0v) is 8.08. The molecule has 0 unspecified atom stereocenters. The molecular formula is C12H14O. The van der Waals surface area contributed by atoms with Crippen LogP contribution in [0.25, 0.3) is 6.08 Å². The van der Waals surface area contributed by atoms with Crippen LogP contribution in [0.3, 0.4) is 0 Å². The second-order valence-corrected chi connectivity index (χ2v) is 3.16. The highest BCUT2D eigenvalue weighted by Gasteiger charge is 1.92. The van der Waals surface area contributed by atoms with E-state index in [1.54, 1.807) is 0 Å². The molecule has 0 saturated heterocycles. The van der Waals surface area contributed by atoms with Crippen LogP contribution in [-0.4, -0.2) is 6.29 Å². The number of allylic oxidation sites excluding steroid dienone is 1. The maximum Gasteiger partial charge on any atom is 0.123 e. The number of carbonyl (C=O) groups is 1. The molecule has 0 radical (unpaired) electrons. The zero-order valence-electron chi connectivity index (χ0n) is 8.08. The Morgan fingerprint density at radius 3 is 2.69 bits per heavy atom. The highest BCUT2D eigenvalue weighted by Crippen LogP contribution is 2.12. The summed E-state index contributed by atoms with van der Waals surface area (Å²) in [7, 11) is 0. The van der Waals surface area contributed by atoms with E-state index in [1.807, 2.05) is 12.2 Å². The van der Waals surface area contributed by atoms with E-state index >= 15 is 0 Å². The third kappa shape index (κ3) is 2.86. The Kier molecular flexibility index (Phi) is 3.44. The quantitative estimate of drug-likeness (QED) is 0.644. The average Bonchev–Trinajstić information content (AvgIpc) is 2.09. The summed E-state index contributed by atoms with van der Waals surface area (Å²) >= 11 is 0. The Morgan fingerprint density at radius 1 is 1.31 bits per heavy atom. The Morgan fingerprint density at radius 2 is 2.08 bits per heavy atom. The van der Waals surface area contributed by atoms with Crippen LogP contribution in [0, 0.1) is 13.8 Å². The van der Waals surface area contributed by atoms with Gasteiger partial charge in [-0.05, 0) is 25.0 Å². The molecule has 0 aliphatic heterocycles. The van der Waals surface area contributed by atoms with Crippen molar-refractivity contribution < 1.29 is 4.79 Å². The first kappa shape index (κ1) is 9.72. The third-order valence-electron chi connectivity index (χ3n) is 1.96. The molecule has 0 bridgehead atoms. The van der Waals surface area contributed by atoms with Gasteiger partial charge in [-0.3, -0.25) is 0 Å². The minimum atomic E-state index is 0.493. The minimum Gasteiger partial charge on any atom is -0.303 e. The van der Waals surface area contributed by atoms with Crippen molar-refractivity contribution in [2.24, 2.45) is 0 Å². The van der Waals surface area contributed by atoms with Crippen molar-refractivity contribution in [3.8, 4) is 0 Å². The van der Waals surface area contributed by atoms with Crippen molar-refractivity contribution in [3.63, 3.8) is 0 Å². The van der Waals surface area contributed by atoms with Gasteiger partial charge in [0, 0.05) is 6.42 Å². The van der Waals surface area contributed by atoms with Crippen LogP contribution < -0.4 is 0 Å². The van der Waals surface area contributed by atoms with Gasteiger partial charge in [-0.25, -0.2) is 0 Å². The van der Waals surface area contributed by atoms with E-state index in [4.69, 9.17) is 0 Å². The van der Waals surface area contributed by atoms with E-state index in [2.05, 4.69) is 32.0 Å². The topological polar surface area (TPSA) is 17.1 Å². The lowest BCUT2D eigenvalue weighted by molar-refractivity contribution is -0.107. The zero-order chi connectivity index (χ0) is 9.68. The second kappa shape index (κ2) is 4.61. The van der Waals surface area contributed by atoms with Crippen LogP contribution in [0.2, 0.25) is 0 Å². The van der Waals surface area contributed by atoms with E-state index in [1.165, 1.54) is 16.7 Å². The average molecular weight is 174 g/mol. The predicted molar refractivity (Wildman–Crippen MR) is 55.6 cm³/mol. The third-order valence-corrected chi connectivity index (χ3v) is 1.96. The van der Waals surface area contributed by atoms with E-state index in [0.717, 1.165) is 6.29 Å². The van der Waals surface area contributed by atoms with E-state index in [-0.39, 0.29) is 0 Å². The van der Waals surface area contributed by atoms with Crippen molar-refractivity contribution in [2.75, 3.05) is 0 Å².